The summed E-state index contributed by atoms with van der Waals surface area (Å²) in [6, 6.07) is 19.1. The van der Waals surface area contributed by atoms with E-state index in [0.717, 1.165) is 21.9 Å². The molecule has 0 aromatic heterocycles. The molecule has 4 heteroatoms. The van der Waals surface area contributed by atoms with Gasteiger partial charge in [-0.1, -0.05) is 48.5 Å². The number of hydrogen-bond acceptors (Lipinski definition) is 3. The number of benzene rings is 3. The Morgan fingerprint density at radius 3 is 2.48 bits per heavy atom. The van der Waals surface area contributed by atoms with Gasteiger partial charge in [0.2, 0.25) is 0 Å². The average Bonchev–Trinajstić information content (AvgIpc) is 2.65. The van der Waals surface area contributed by atoms with Gasteiger partial charge in [-0.15, -0.1) is 0 Å². The molecule has 0 bridgehead atoms. The van der Waals surface area contributed by atoms with Crippen molar-refractivity contribution in [3.63, 3.8) is 0 Å². The first-order valence-corrected chi connectivity index (χ1v) is 8.05. The molecule has 0 aliphatic rings. The van der Waals surface area contributed by atoms with Gasteiger partial charge in [0.15, 0.2) is 0 Å². The lowest BCUT2D eigenvalue weighted by atomic mass is 9.88. The first-order chi connectivity index (χ1) is 12.1. The van der Waals surface area contributed by atoms with Crippen LogP contribution in [-0.2, 0) is 11.2 Å². The second-order valence-electron chi connectivity index (χ2n) is 5.84. The van der Waals surface area contributed by atoms with Gasteiger partial charge < -0.3 is 14.6 Å². The molecular weight excluding hydrogens is 316 g/mol. The maximum atomic E-state index is 12.0. The highest BCUT2D eigenvalue weighted by atomic mass is 16.5. The molecule has 128 valence electrons. The Morgan fingerprint density at radius 1 is 1.00 bits per heavy atom. The summed E-state index contributed by atoms with van der Waals surface area (Å²) in [6.07, 6.45) is 0.344. The van der Waals surface area contributed by atoms with Gasteiger partial charge in [-0.25, -0.2) is 0 Å². The fourth-order valence-electron chi connectivity index (χ4n) is 3.13. The molecule has 3 rings (SSSR count). The smallest absolute Gasteiger partial charge is 0.311 e. The van der Waals surface area contributed by atoms with Gasteiger partial charge >= 0.3 is 5.97 Å². The zero-order valence-corrected chi connectivity index (χ0v) is 14.2. The summed E-state index contributed by atoms with van der Waals surface area (Å²) >= 11 is 0. The number of carbonyl (C=O) groups is 1. The summed E-state index contributed by atoms with van der Waals surface area (Å²) in [5, 5.41) is 11.8. The highest BCUT2D eigenvalue weighted by molar-refractivity contribution is 5.90. The normalized spacial score (nSPS) is 11.9. The molecule has 0 amide bonds. The lowest BCUT2D eigenvalue weighted by molar-refractivity contribution is -0.138. The summed E-state index contributed by atoms with van der Waals surface area (Å²) in [5.41, 5.74) is 1.65. The van der Waals surface area contributed by atoms with Crippen LogP contribution in [0.1, 0.15) is 17.0 Å². The van der Waals surface area contributed by atoms with Crippen LogP contribution in [0.3, 0.4) is 0 Å². The molecule has 1 N–H and O–H groups in total. The second kappa shape index (κ2) is 7.26. The minimum Gasteiger partial charge on any atom is -0.497 e. The number of aliphatic carboxylic acids is 1. The van der Waals surface area contributed by atoms with Crippen molar-refractivity contribution >= 4 is 16.7 Å². The number of rotatable bonds is 6. The predicted octanol–water partition coefficient (Wildman–Crippen LogP) is 4.27. The van der Waals surface area contributed by atoms with Crippen LogP contribution in [0.15, 0.2) is 60.7 Å². The SMILES string of the molecule is COc1ccc(CC(C(=O)O)c2cccc3ccccc23)c(OC)c1. The van der Waals surface area contributed by atoms with Crippen LogP contribution >= 0.6 is 0 Å². The molecule has 0 aliphatic carbocycles. The molecule has 0 radical (unpaired) electrons. The molecule has 0 fully saturated rings. The van der Waals surface area contributed by atoms with E-state index < -0.39 is 11.9 Å². The Labute approximate surface area is 146 Å². The van der Waals surface area contributed by atoms with Crippen molar-refractivity contribution in [2.45, 2.75) is 12.3 Å². The first-order valence-electron chi connectivity index (χ1n) is 8.05. The lowest BCUT2D eigenvalue weighted by Crippen LogP contribution is -2.15. The van der Waals surface area contributed by atoms with E-state index in [-0.39, 0.29) is 0 Å². The molecule has 25 heavy (non-hydrogen) atoms. The summed E-state index contributed by atoms with van der Waals surface area (Å²) in [6.45, 7) is 0. The lowest BCUT2D eigenvalue weighted by Gasteiger charge is -2.17. The highest BCUT2D eigenvalue weighted by Gasteiger charge is 2.24. The van der Waals surface area contributed by atoms with Crippen molar-refractivity contribution < 1.29 is 19.4 Å². The number of carboxylic acids is 1. The zero-order valence-electron chi connectivity index (χ0n) is 14.2. The topological polar surface area (TPSA) is 55.8 Å². The van der Waals surface area contributed by atoms with Crippen molar-refractivity contribution in [2.75, 3.05) is 14.2 Å². The Hall–Kier alpha value is -3.01. The molecule has 4 nitrogen and oxygen atoms in total. The monoisotopic (exact) mass is 336 g/mol. The van der Waals surface area contributed by atoms with Gasteiger partial charge in [0, 0.05) is 6.07 Å². The molecule has 1 atom stereocenters. The number of hydrogen-bond donors (Lipinski definition) is 1. The first kappa shape index (κ1) is 16.8. The fraction of sp³-hybridized carbons (Fsp3) is 0.190. The van der Waals surface area contributed by atoms with Crippen molar-refractivity contribution in [3.8, 4) is 11.5 Å². The van der Waals surface area contributed by atoms with E-state index in [4.69, 9.17) is 9.47 Å². The third-order valence-corrected chi connectivity index (χ3v) is 4.42. The molecule has 0 saturated heterocycles. The Bertz CT molecular complexity index is 896. The second-order valence-corrected chi connectivity index (χ2v) is 5.84. The van der Waals surface area contributed by atoms with Gasteiger partial charge in [0.1, 0.15) is 11.5 Å². The minimum atomic E-state index is -0.853. The van der Waals surface area contributed by atoms with E-state index in [0.29, 0.717) is 17.9 Å². The molecule has 1 unspecified atom stereocenters. The van der Waals surface area contributed by atoms with Crippen LogP contribution in [0, 0.1) is 0 Å². The van der Waals surface area contributed by atoms with Gasteiger partial charge in [-0.3, -0.25) is 4.79 Å². The highest BCUT2D eigenvalue weighted by Crippen LogP contribution is 2.33. The third-order valence-electron chi connectivity index (χ3n) is 4.42. The number of carboxylic acid groups (broad SMARTS) is 1. The zero-order chi connectivity index (χ0) is 17.8. The van der Waals surface area contributed by atoms with E-state index in [1.165, 1.54) is 0 Å². The largest absolute Gasteiger partial charge is 0.497 e. The van der Waals surface area contributed by atoms with E-state index >= 15 is 0 Å². The molecule has 3 aromatic rings. The minimum absolute atomic E-state index is 0.344. The van der Waals surface area contributed by atoms with Gasteiger partial charge in [0.25, 0.3) is 0 Å². The van der Waals surface area contributed by atoms with Crippen LogP contribution in [0.4, 0.5) is 0 Å². The molecular formula is C21H20O4. The van der Waals surface area contributed by atoms with Crippen molar-refractivity contribution in [1.82, 2.24) is 0 Å². The maximum Gasteiger partial charge on any atom is 0.311 e. The van der Waals surface area contributed by atoms with Gasteiger partial charge in [-0.2, -0.15) is 0 Å². The summed E-state index contributed by atoms with van der Waals surface area (Å²) < 4.78 is 10.6. The van der Waals surface area contributed by atoms with Crippen molar-refractivity contribution in [1.29, 1.82) is 0 Å². The molecule has 3 aromatic carbocycles. The van der Waals surface area contributed by atoms with E-state index in [1.807, 2.05) is 54.6 Å². The third kappa shape index (κ3) is 3.43. The summed E-state index contributed by atoms with van der Waals surface area (Å²) in [4.78, 5) is 12.0. The predicted molar refractivity (Wildman–Crippen MR) is 97.6 cm³/mol. The van der Waals surface area contributed by atoms with E-state index in [9.17, 15) is 9.90 Å². The molecule has 0 heterocycles. The number of methoxy groups -OCH3 is 2. The summed E-state index contributed by atoms with van der Waals surface area (Å²) in [7, 11) is 3.16. The van der Waals surface area contributed by atoms with Gasteiger partial charge in [-0.05, 0) is 34.4 Å². The van der Waals surface area contributed by atoms with E-state index in [2.05, 4.69) is 0 Å². The molecule has 0 saturated carbocycles. The quantitative estimate of drug-likeness (QED) is 0.730. The Morgan fingerprint density at radius 2 is 1.76 bits per heavy atom. The Kier molecular flexibility index (Phi) is 4.89. The maximum absolute atomic E-state index is 12.0. The van der Waals surface area contributed by atoms with Crippen LogP contribution in [0.2, 0.25) is 0 Å². The van der Waals surface area contributed by atoms with E-state index in [1.54, 1.807) is 20.3 Å². The summed E-state index contributed by atoms with van der Waals surface area (Å²) in [5.74, 6) is -0.203. The van der Waals surface area contributed by atoms with Crippen molar-refractivity contribution in [3.05, 3.63) is 71.8 Å². The van der Waals surface area contributed by atoms with Crippen LogP contribution in [0.25, 0.3) is 10.8 Å². The van der Waals surface area contributed by atoms with Gasteiger partial charge in [0.05, 0.1) is 20.1 Å². The number of ether oxygens (including phenoxy) is 2. The number of fused-ring (bicyclic) bond motifs is 1. The van der Waals surface area contributed by atoms with Crippen molar-refractivity contribution in [2.24, 2.45) is 0 Å². The molecule has 0 spiro atoms. The van der Waals surface area contributed by atoms with Crippen LogP contribution < -0.4 is 9.47 Å². The fourth-order valence-corrected chi connectivity index (χ4v) is 3.13. The standard InChI is InChI=1S/C21H20O4/c1-24-16-11-10-15(20(13-16)25-2)12-19(21(22)23)18-9-5-7-14-6-3-4-8-17(14)18/h3-11,13,19H,12H2,1-2H3,(H,22,23). The van der Waals surface area contributed by atoms with Crippen LogP contribution in [-0.4, -0.2) is 25.3 Å². The van der Waals surface area contributed by atoms with Crippen LogP contribution in [0.5, 0.6) is 11.5 Å². The average molecular weight is 336 g/mol. The Balaban J connectivity index is 2.04. The molecule has 0 aliphatic heterocycles.